The molecule has 0 unspecified atom stereocenters. The van der Waals surface area contributed by atoms with E-state index in [1.165, 1.54) is 16.6 Å². The number of aliphatic imine (C=N–C) groups is 1. The molecule has 74 valence electrons. The average molecular weight is 257 g/mol. The van der Waals surface area contributed by atoms with Gasteiger partial charge in [0, 0.05) is 17.7 Å². The van der Waals surface area contributed by atoms with E-state index in [4.69, 9.17) is 17.3 Å². The first-order chi connectivity index (χ1) is 5.72. The van der Waals surface area contributed by atoms with Crippen LogP contribution in [0.5, 0.6) is 0 Å². The number of nitrogens with two attached hydrogens (primary N) is 1. The van der Waals surface area contributed by atoms with Crippen molar-refractivity contribution in [2.45, 2.75) is 5.75 Å². The SMILES string of the molecule is CN=C(N)SCc1ccc(Cl)s1.Cl. The van der Waals surface area contributed by atoms with Crippen LogP contribution in [0.15, 0.2) is 17.1 Å². The monoisotopic (exact) mass is 256 g/mol. The highest BCUT2D eigenvalue weighted by Gasteiger charge is 1.99. The van der Waals surface area contributed by atoms with Gasteiger partial charge in [0.25, 0.3) is 0 Å². The number of halogens is 2. The molecule has 0 bridgehead atoms. The molecule has 0 aliphatic carbocycles. The van der Waals surface area contributed by atoms with Crippen LogP contribution >= 0.6 is 47.1 Å². The summed E-state index contributed by atoms with van der Waals surface area (Å²) in [5.41, 5.74) is 5.51. The van der Waals surface area contributed by atoms with Crippen molar-refractivity contribution in [2.24, 2.45) is 10.7 Å². The van der Waals surface area contributed by atoms with Crippen molar-refractivity contribution in [1.82, 2.24) is 0 Å². The smallest absolute Gasteiger partial charge is 0.153 e. The van der Waals surface area contributed by atoms with Crippen LogP contribution in [0.4, 0.5) is 0 Å². The minimum atomic E-state index is 0. The van der Waals surface area contributed by atoms with Gasteiger partial charge in [-0.3, -0.25) is 4.99 Å². The van der Waals surface area contributed by atoms with Gasteiger partial charge in [0.15, 0.2) is 5.17 Å². The zero-order valence-electron chi connectivity index (χ0n) is 6.99. The Kier molecular flexibility index (Phi) is 6.59. The Hall–Kier alpha value is 0.1000. The summed E-state index contributed by atoms with van der Waals surface area (Å²) in [6, 6.07) is 3.89. The molecule has 0 saturated heterocycles. The van der Waals surface area contributed by atoms with Crippen molar-refractivity contribution in [1.29, 1.82) is 0 Å². The van der Waals surface area contributed by atoms with Crippen molar-refractivity contribution >= 4 is 52.3 Å². The molecule has 2 N–H and O–H groups in total. The molecule has 1 heterocycles. The predicted molar refractivity (Wildman–Crippen MR) is 65.4 cm³/mol. The Morgan fingerprint density at radius 1 is 1.69 bits per heavy atom. The molecule has 0 fully saturated rings. The fourth-order valence-corrected chi connectivity index (χ4v) is 2.45. The molecule has 2 nitrogen and oxygen atoms in total. The minimum absolute atomic E-state index is 0. The van der Waals surface area contributed by atoms with E-state index >= 15 is 0 Å². The quantitative estimate of drug-likeness (QED) is 0.653. The van der Waals surface area contributed by atoms with Crippen LogP contribution in [0.3, 0.4) is 0 Å². The number of amidine groups is 1. The van der Waals surface area contributed by atoms with Crippen molar-refractivity contribution in [3.63, 3.8) is 0 Å². The lowest BCUT2D eigenvalue weighted by atomic mass is 10.5. The van der Waals surface area contributed by atoms with Crippen LogP contribution < -0.4 is 5.73 Å². The molecule has 0 aliphatic heterocycles. The average Bonchev–Trinajstić information content (AvgIpc) is 2.47. The molecule has 1 rings (SSSR count). The summed E-state index contributed by atoms with van der Waals surface area (Å²) in [7, 11) is 1.68. The summed E-state index contributed by atoms with van der Waals surface area (Å²) in [6.45, 7) is 0. The summed E-state index contributed by atoms with van der Waals surface area (Å²) >= 11 is 8.85. The molecule has 0 radical (unpaired) electrons. The summed E-state index contributed by atoms with van der Waals surface area (Å²) < 4.78 is 0.817. The first-order valence-corrected chi connectivity index (χ1v) is 5.49. The van der Waals surface area contributed by atoms with E-state index in [0.717, 1.165) is 10.1 Å². The van der Waals surface area contributed by atoms with Crippen LogP contribution in [-0.4, -0.2) is 12.2 Å². The lowest BCUT2D eigenvalue weighted by Crippen LogP contribution is -2.05. The van der Waals surface area contributed by atoms with Crippen molar-refractivity contribution in [3.8, 4) is 0 Å². The minimum Gasteiger partial charge on any atom is -0.379 e. The van der Waals surface area contributed by atoms with Gasteiger partial charge in [-0.1, -0.05) is 23.4 Å². The maximum Gasteiger partial charge on any atom is 0.153 e. The number of thiophene rings is 1. The second-order valence-corrected chi connectivity index (χ2v) is 4.85. The van der Waals surface area contributed by atoms with E-state index < -0.39 is 0 Å². The van der Waals surface area contributed by atoms with Crippen LogP contribution in [0.1, 0.15) is 4.88 Å². The summed E-state index contributed by atoms with van der Waals surface area (Å²) in [5.74, 6) is 0.848. The lowest BCUT2D eigenvalue weighted by molar-refractivity contribution is 1.43. The van der Waals surface area contributed by atoms with Crippen molar-refractivity contribution in [3.05, 3.63) is 21.3 Å². The zero-order valence-corrected chi connectivity index (χ0v) is 10.2. The summed E-state index contributed by atoms with van der Waals surface area (Å²) in [6.07, 6.45) is 0. The van der Waals surface area contributed by atoms with Gasteiger partial charge in [-0.15, -0.1) is 23.7 Å². The summed E-state index contributed by atoms with van der Waals surface area (Å²) in [5, 5.41) is 0.611. The van der Waals surface area contributed by atoms with Crippen molar-refractivity contribution in [2.75, 3.05) is 7.05 Å². The van der Waals surface area contributed by atoms with Gasteiger partial charge in [-0.25, -0.2) is 0 Å². The molecule has 0 amide bonds. The predicted octanol–water partition coefficient (Wildman–Crippen LogP) is 3.00. The van der Waals surface area contributed by atoms with E-state index in [0.29, 0.717) is 5.17 Å². The molecule has 0 saturated carbocycles. The van der Waals surface area contributed by atoms with Crippen LogP contribution in [0.2, 0.25) is 4.34 Å². The Balaban J connectivity index is 0.00000144. The third-order valence-electron chi connectivity index (χ3n) is 1.21. The Labute approximate surface area is 97.0 Å². The second kappa shape index (κ2) is 6.54. The topological polar surface area (TPSA) is 38.4 Å². The van der Waals surface area contributed by atoms with Crippen LogP contribution in [0.25, 0.3) is 0 Å². The highest BCUT2D eigenvalue weighted by atomic mass is 35.5. The Morgan fingerprint density at radius 2 is 2.38 bits per heavy atom. The van der Waals surface area contributed by atoms with Crippen LogP contribution in [-0.2, 0) is 5.75 Å². The van der Waals surface area contributed by atoms with Gasteiger partial charge in [-0.2, -0.15) is 0 Å². The van der Waals surface area contributed by atoms with Gasteiger partial charge in [0.05, 0.1) is 4.34 Å². The Morgan fingerprint density at radius 3 is 2.85 bits per heavy atom. The number of hydrogen-bond donors (Lipinski definition) is 1. The van der Waals surface area contributed by atoms with Gasteiger partial charge in [-0.05, 0) is 12.1 Å². The van der Waals surface area contributed by atoms with E-state index in [2.05, 4.69) is 4.99 Å². The largest absolute Gasteiger partial charge is 0.379 e. The van der Waals surface area contributed by atoms with Gasteiger partial charge >= 0.3 is 0 Å². The first-order valence-electron chi connectivity index (χ1n) is 3.31. The van der Waals surface area contributed by atoms with Gasteiger partial charge in [0.2, 0.25) is 0 Å². The fraction of sp³-hybridized carbons (Fsp3) is 0.286. The van der Waals surface area contributed by atoms with E-state index in [1.807, 2.05) is 12.1 Å². The molecular formula is C7H10Cl2N2S2. The molecule has 6 heteroatoms. The molecule has 0 aliphatic rings. The van der Waals surface area contributed by atoms with Crippen LogP contribution in [0, 0.1) is 0 Å². The summed E-state index contributed by atoms with van der Waals surface area (Å²) in [4.78, 5) is 5.06. The fourth-order valence-electron chi connectivity index (χ4n) is 0.639. The normalized spacial score (nSPS) is 11.1. The first kappa shape index (κ1) is 13.1. The van der Waals surface area contributed by atoms with E-state index in [1.54, 1.807) is 18.4 Å². The number of nitrogens with zero attached hydrogens (tertiary/aromatic N) is 1. The molecule has 13 heavy (non-hydrogen) atoms. The maximum absolute atomic E-state index is 5.76. The second-order valence-electron chi connectivity index (χ2n) is 2.06. The molecule has 0 atom stereocenters. The Bertz CT molecular complexity index is 286. The molecular weight excluding hydrogens is 247 g/mol. The number of thioether (sulfide) groups is 1. The number of rotatable bonds is 2. The van der Waals surface area contributed by atoms with E-state index in [9.17, 15) is 0 Å². The third kappa shape index (κ3) is 4.76. The lowest BCUT2D eigenvalue weighted by Gasteiger charge is -1.95. The molecule has 1 aromatic rings. The van der Waals surface area contributed by atoms with Crippen molar-refractivity contribution < 1.29 is 0 Å². The molecule has 0 aromatic carbocycles. The molecule has 1 aromatic heterocycles. The zero-order chi connectivity index (χ0) is 8.97. The molecule has 0 spiro atoms. The number of hydrogen-bond acceptors (Lipinski definition) is 3. The third-order valence-corrected chi connectivity index (χ3v) is 3.56. The van der Waals surface area contributed by atoms with Gasteiger partial charge < -0.3 is 5.73 Å². The van der Waals surface area contributed by atoms with E-state index in [-0.39, 0.29) is 12.4 Å². The highest BCUT2D eigenvalue weighted by Crippen LogP contribution is 2.24. The standard InChI is InChI=1S/C7H9ClN2S2.ClH/c1-10-7(9)11-4-5-2-3-6(8)12-5;/h2-3H,4H2,1H3,(H2,9,10);1H. The van der Waals surface area contributed by atoms with Gasteiger partial charge in [0.1, 0.15) is 0 Å². The highest BCUT2D eigenvalue weighted by molar-refractivity contribution is 8.13. The maximum atomic E-state index is 5.76.